The van der Waals surface area contributed by atoms with E-state index in [1.165, 1.54) is 32.4 Å². The molecule has 0 aromatic carbocycles. The zero-order valence-corrected chi connectivity index (χ0v) is 20.5. The summed E-state index contributed by atoms with van der Waals surface area (Å²) >= 11 is 0. The van der Waals surface area contributed by atoms with E-state index >= 15 is 0 Å². The lowest BCUT2D eigenvalue weighted by Gasteiger charge is -2.37. The molecule has 1 saturated heterocycles. The smallest absolute Gasteiger partial charge is 0.114 e. The third-order valence-electron chi connectivity index (χ3n) is 9.29. The zero-order chi connectivity index (χ0) is 22.5. The third kappa shape index (κ3) is 4.07. The van der Waals surface area contributed by atoms with Gasteiger partial charge in [0.2, 0.25) is 0 Å². The molecule has 178 valence electrons. The van der Waals surface area contributed by atoms with Crippen LogP contribution in [0.5, 0.6) is 0 Å². The van der Waals surface area contributed by atoms with Crippen LogP contribution < -0.4 is 0 Å². The van der Waals surface area contributed by atoms with Crippen molar-refractivity contribution in [2.24, 2.45) is 17.3 Å². The minimum absolute atomic E-state index is 0.163. The van der Waals surface area contributed by atoms with Crippen LogP contribution in [0.1, 0.15) is 90.3 Å². The molecule has 0 unspecified atom stereocenters. The second kappa shape index (κ2) is 8.52. The predicted molar refractivity (Wildman–Crippen MR) is 125 cm³/mol. The quantitative estimate of drug-likeness (QED) is 0.682. The maximum absolute atomic E-state index is 10.9. The molecule has 1 N–H and O–H groups in total. The average molecular weight is 443 g/mol. The monoisotopic (exact) mass is 442 g/mol. The summed E-state index contributed by atoms with van der Waals surface area (Å²) < 4.78 is 7.99. The first kappa shape index (κ1) is 22.5. The van der Waals surface area contributed by atoms with Crippen LogP contribution in [0.2, 0.25) is 0 Å². The van der Waals surface area contributed by atoms with Gasteiger partial charge in [0, 0.05) is 26.7 Å². The number of hydrogen-bond donors (Lipinski definition) is 1. The van der Waals surface area contributed by atoms with Crippen LogP contribution in [0, 0.1) is 17.3 Å². The molecule has 2 heterocycles. The molecule has 0 bridgehead atoms. The Kier molecular flexibility index (Phi) is 6.00. The number of likely N-dealkylation sites (tertiary alicyclic amines) is 1. The van der Waals surface area contributed by atoms with Gasteiger partial charge in [0.1, 0.15) is 11.3 Å². The molecule has 1 aliphatic heterocycles. The van der Waals surface area contributed by atoms with Crippen molar-refractivity contribution >= 4 is 0 Å². The van der Waals surface area contributed by atoms with Gasteiger partial charge in [-0.2, -0.15) is 0 Å². The maximum atomic E-state index is 10.9. The van der Waals surface area contributed by atoms with Crippen molar-refractivity contribution in [3.8, 4) is 0 Å². The van der Waals surface area contributed by atoms with Gasteiger partial charge in [-0.3, -0.25) is 4.90 Å². The molecule has 2 saturated carbocycles. The van der Waals surface area contributed by atoms with E-state index in [2.05, 4.69) is 36.0 Å². The van der Waals surface area contributed by atoms with E-state index in [0.717, 1.165) is 50.8 Å². The summed E-state index contributed by atoms with van der Waals surface area (Å²) in [7, 11) is 1.84. The third-order valence-corrected chi connectivity index (χ3v) is 9.29. The second-order valence-corrected chi connectivity index (χ2v) is 11.8. The first-order chi connectivity index (χ1) is 15.3. The van der Waals surface area contributed by atoms with Crippen molar-refractivity contribution in [3.05, 3.63) is 23.0 Å². The molecular formula is C26H42N4O2. The van der Waals surface area contributed by atoms with Gasteiger partial charge in [-0.1, -0.05) is 43.0 Å². The van der Waals surface area contributed by atoms with Crippen molar-refractivity contribution in [2.75, 3.05) is 26.7 Å². The Balaban J connectivity index is 1.29. The van der Waals surface area contributed by atoms with Gasteiger partial charge in [-0.15, -0.1) is 5.10 Å². The molecule has 5 rings (SSSR count). The van der Waals surface area contributed by atoms with Crippen LogP contribution in [-0.2, 0) is 10.3 Å². The van der Waals surface area contributed by atoms with Gasteiger partial charge in [-0.25, -0.2) is 4.68 Å². The Hall–Kier alpha value is -1.24. The highest BCUT2D eigenvalue weighted by molar-refractivity contribution is 5.24. The molecule has 6 heteroatoms. The molecule has 4 aliphatic rings. The van der Waals surface area contributed by atoms with Crippen molar-refractivity contribution in [1.82, 2.24) is 19.9 Å². The Morgan fingerprint density at radius 1 is 1.09 bits per heavy atom. The SMILES string of the molecule is CO[C@@H]1C[C@H]2CN(CC3=C(C)CCCC3(C)C)C[C@H]2C[C@H]1n1cc(C2(O)CCCC2)nn1. The molecule has 4 atom stereocenters. The highest BCUT2D eigenvalue weighted by atomic mass is 16.5. The van der Waals surface area contributed by atoms with E-state index in [4.69, 9.17) is 4.74 Å². The number of methoxy groups -OCH3 is 1. The summed E-state index contributed by atoms with van der Waals surface area (Å²) in [5.74, 6) is 1.38. The number of allylic oxidation sites excluding steroid dienone is 1. The molecule has 0 radical (unpaired) electrons. The summed E-state index contributed by atoms with van der Waals surface area (Å²) in [6.45, 7) is 10.7. The van der Waals surface area contributed by atoms with E-state index in [9.17, 15) is 5.11 Å². The van der Waals surface area contributed by atoms with Crippen LogP contribution in [-0.4, -0.2) is 57.8 Å². The normalized spacial score (nSPS) is 34.8. The van der Waals surface area contributed by atoms with Crippen LogP contribution in [0.25, 0.3) is 0 Å². The number of aromatic nitrogens is 3. The van der Waals surface area contributed by atoms with E-state index in [-0.39, 0.29) is 12.1 Å². The van der Waals surface area contributed by atoms with E-state index < -0.39 is 5.60 Å². The summed E-state index contributed by atoms with van der Waals surface area (Å²) in [6, 6.07) is 0.208. The Labute approximate surface area is 193 Å². The number of fused-ring (bicyclic) bond motifs is 1. The Bertz CT molecular complexity index is 854. The highest BCUT2D eigenvalue weighted by Crippen LogP contribution is 2.45. The minimum Gasteiger partial charge on any atom is -0.383 e. The van der Waals surface area contributed by atoms with Gasteiger partial charge in [0.05, 0.1) is 18.3 Å². The van der Waals surface area contributed by atoms with Gasteiger partial charge in [-0.05, 0) is 69.1 Å². The second-order valence-electron chi connectivity index (χ2n) is 11.8. The number of hydrogen-bond acceptors (Lipinski definition) is 5. The number of ether oxygens (including phenoxy) is 1. The summed E-state index contributed by atoms with van der Waals surface area (Å²) in [4.78, 5) is 2.71. The molecule has 3 fully saturated rings. The van der Waals surface area contributed by atoms with Crippen molar-refractivity contribution < 1.29 is 9.84 Å². The van der Waals surface area contributed by atoms with E-state index in [0.29, 0.717) is 17.3 Å². The molecule has 0 spiro atoms. The van der Waals surface area contributed by atoms with Gasteiger partial charge < -0.3 is 9.84 Å². The largest absolute Gasteiger partial charge is 0.383 e. The van der Waals surface area contributed by atoms with Crippen LogP contribution in [0.15, 0.2) is 17.3 Å². The standard InChI is InChI=1S/C26H42N4O2/c1-18-8-7-9-25(2,3)21(18)16-29-14-19-12-22(23(32-4)13-20(19)15-29)30-17-24(27-28-30)26(31)10-5-6-11-26/h17,19-20,22-23,31H,5-16H2,1-4H3/t19-,20+,22-,23-/m1/s1. The number of aliphatic hydroxyl groups is 1. The predicted octanol–water partition coefficient (Wildman–Crippen LogP) is 4.46. The van der Waals surface area contributed by atoms with Gasteiger partial charge in [0.15, 0.2) is 0 Å². The van der Waals surface area contributed by atoms with Gasteiger partial charge >= 0.3 is 0 Å². The number of nitrogens with zero attached hydrogens (tertiary/aromatic N) is 4. The van der Waals surface area contributed by atoms with Crippen LogP contribution >= 0.6 is 0 Å². The molecule has 6 nitrogen and oxygen atoms in total. The summed E-state index contributed by atoms with van der Waals surface area (Å²) in [5, 5.41) is 19.8. The molecule has 3 aliphatic carbocycles. The van der Waals surface area contributed by atoms with Crippen molar-refractivity contribution in [3.63, 3.8) is 0 Å². The highest BCUT2D eigenvalue weighted by Gasteiger charge is 2.45. The Morgan fingerprint density at radius 3 is 2.50 bits per heavy atom. The lowest BCUT2D eigenvalue weighted by atomic mass is 9.72. The van der Waals surface area contributed by atoms with Crippen LogP contribution in [0.3, 0.4) is 0 Å². The maximum Gasteiger partial charge on any atom is 0.114 e. The summed E-state index contributed by atoms with van der Waals surface area (Å²) in [5.41, 5.74) is 3.63. The molecule has 0 amide bonds. The molecule has 32 heavy (non-hydrogen) atoms. The topological polar surface area (TPSA) is 63.4 Å². The molecule has 1 aromatic heterocycles. The fourth-order valence-electron chi connectivity index (χ4n) is 7.26. The molecular weight excluding hydrogens is 400 g/mol. The number of rotatable bonds is 5. The fourth-order valence-corrected chi connectivity index (χ4v) is 7.26. The van der Waals surface area contributed by atoms with E-state index in [1.54, 1.807) is 11.1 Å². The van der Waals surface area contributed by atoms with Crippen molar-refractivity contribution in [1.29, 1.82) is 0 Å². The lowest BCUT2D eigenvalue weighted by molar-refractivity contribution is -0.00561. The van der Waals surface area contributed by atoms with Crippen LogP contribution in [0.4, 0.5) is 0 Å². The first-order valence-electron chi connectivity index (χ1n) is 12.9. The van der Waals surface area contributed by atoms with Gasteiger partial charge in [0.25, 0.3) is 0 Å². The lowest BCUT2D eigenvalue weighted by Crippen LogP contribution is -2.37. The Morgan fingerprint density at radius 2 is 1.81 bits per heavy atom. The zero-order valence-electron chi connectivity index (χ0n) is 20.5. The minimum atomic E-state index is -0.777. The first-order valence-corrected chi connectivity index (χ1v) is 12.9. The summed E-state index contributed by atoms with van der Waals surface area (Å²) in [6.07, 6.45) is 12.0. The van der Waals surface area contributed by atoms with Crippen molar-refractivity contribution in [2.45, 2.75) is 96.3 Å². The average Bonchev–Trinajstić information content (AvgIpc) is 3.49. The fraction of sp³-hybridized carbons (Fsp3) is 0.846. The molecule has 1 aromatic rings. The van der Waals surface area contributed by atoms with E-state index in [1.807, 2.05) is 18.0 Å².